The number of rotatable bonds is 8. The number of halogens is 2. The lowest BCUT2D eigenvalue weighted by Gasteiger charge is -2.25. The minimum absolute atomic E-state index is 0.00472. The van der Waals surface area contributed by atoms with Crippen molar-refractivity contribution in [2.24, 2.45) is 0 Å². The topological polar surface area (TPSA) is 55.8 Å². The number of nitrogens with zero attached hydrogens (tertiary/aromatic N) is 1. The minimum Gasteiger partial charge on any atom is -0.469 e. The van der Waals surface area contributed by atoms with Gasteiger partial charge >= 0.3 is 5.97 Å². The number of esters is 1. The summed E-state index contributed by atoms with van der Waals surface area (Å²) in [5.74, 6) is -2.73. The summed E-state index contributed by atoms with van der Waals surface area (Å²) >= 11 is 0. The first kappa shape index (κ1) is 19.0. The van der Waals surface area contributed by atoms with Gasteiger partial charge < -0.3 is 14.4 Å². The Morgan fingerprint density at radius 3 is 2.52 bits per heavy atom. The largest absolute Gasteiger partial charge is 0.469 e. The quantitative estimate of drug-likeness (QED) is 0.687. The van der Waals surface area contributed by atoms with Crippen LogP contribution in [0.5, 0.6) is 0 Å². The van der Waals surface area contributed by atoms with Crippen LogP contribution in [0, 0.1) is 11.6 Å². The van der Waals surface area contributed by atoms with E-state index in [1.807, 2.05) is 0 Å². The molecule has 1 aromatic carbocycles. The second-order valence-corrected chi connectivity index (χ2v) is 4.93. The van der Waals surface area contributed by atoms with Crippen LogP contribution in [0.3, 0.4) is 0 Å². The fourth-order valence-electron chi connectivity index (χ4n) is 2.03. The van der Waals surface area contributed by atoms with E-state index in [-0.39, 0.29) is 25.4 Å². The van der Waals surface area contributed by atoms with Crippen molar-refractivity contribution in [1.82, 2.24) is 4.90 Å². The Balaban J connectivity index is 2.86. The zero-order chi connectivity index (χ0) is 17.4. The normalized spacial score (nSPS) is 11.9. The van der Waals surface area contributed by atoms with E-state index < -0.39 is 23.7 Å². The molecule has 1 amide bonds. The summed E-state index contributed by atoms with van der Waals surface area (Å²) in [6, 6.07) is 3.42. The molecular weight excluding hydrogens is 308 g/mol. The summed E-state index contributed by atoms with van der Waals surface area (Å²) in [5.41, 5.74) is 0.422. The number of hydrogen-bond acceptors (Lipinski definition) is 4. The molecule has 0 aliphatic rings. The maximum Gasteiger partial charge on any atom is 0.307 e. The Kier molecular flexibility index (Phi) is 7.61. The number of methoxy groups -OCH3 is 1. The molecule has 0 aromatic heterocycles. The van der Waals surface area contributed by atoms with Crippen molar-refractivity contribution in [3.63, 3.8) is 0 Å². The molecule has 1 rings (SSSR count). The maximum atomic E-state index is 13.3. The number of carbonyl (C=O) groups is 2. The molecule has 1 unspecified atom stereocenters. The van der Waals surface area contributed by atoms with E-state index in [0.717, 1.165) is 12.1 Å². The number of carbonyl (C=O) groups excluding carboxylic acids is 2. The molecule has 1 aromatic rings. The van der Waals surface area contributed by atoms with Crippen molar-refractivity contribution in [3.05, 3.63) is 35.4 Å². The van der Waals surface area contributed by atoms with Crippen LogP contribution in [0.2, 0.25) is 0 Å². The van der Waals surface area contributed by atoms with Crippen molar-refractivity contribution in [1.29, 1.82) is 0 Å². The smallest absolute Gasteiger partial charge is 0.307 e. The number of benzene rings is 1. The van der Waals surface area contributed by atoms with Gasteiger partial charge in [0.25, 0.3) is 5.91 Å². The lowest BCUT2D eigenvalue weighted by molar-refractivity contribution is -0.145. The lowest BCUT2D eigenvalue weighted by Crippen LogP contribution is -2.40. The molecule has 0 aliphatic heterocycles. The Morgan fingerprint density at radius 2 is 1.96 bits per heavy atom. The fraction of sp³-hybridized carbons (Fsp3) is 0.500. The van der Waals surface area contributed by atoms with Crippen molar-refractivity contribution in [2.45, 2.75) is 32.9 Å². The van der Waals surface area contributed by atoms with Crippen molar-refractivity contribution in [3.8, 4) is 0 Å². The van der Waals surface area contributed by atoms with E-state index in [0.29, 0.717) is 12.2 Å². The van der Waals surface area contributed by atoms with Gasteiger partial charge in [0.15, 0.2) is 11.6 Å². The van der Waals surface area contributed by atoms with E-state index >= 15 is 0 Å². The molecule has 0 bridgehead atoms. The van der Waals surface area contributed by atoms with Crippen LogP contribution in [0.25, 0.3) is 0 Å². The van der Waals surface area contributed by atoms with E-state index in [9.17, 15) is 18.4 Å². The number of hydrogen-bond donors (Lipinski definition) is 0. The van der Waals surface area contributed by atoms with Gasteiger partial charge in [0.05, 0.1) is 13.5 Å². The Bertz CT molecular complexity index is 551. The number of amides is 1. The highest BCUT2D eigenvalue weighted by molar-refractivity contribution is 5.81. The Morgan fingerprint density at radius 1 is 1.26 bits per heavy atom. The molecule has 1 atom stereocenters. The van der Waals surface area contributed by atoms with Crippen molar-refractivity contribution >= 4 is 11.9 Å². The highest BCUT2D eigenvalue weighted by atomic mass is 19.2. The molecule has 0 aliphatic carbocycles. The van der Waals surface area contributed by atoms with E-state index in [1.165, 1.54) is 18.1 Å². The third-order valence-electron chi connectivity index (χ3n) is 3.25. The van der Waals surface area contributed by atoms with E-state index in [1.54, 1.807) is 13.8 Å². The van der Waals surface area contributed by atoms with Crippen LogP contribution in [-0.2, 0) is 25.6 Å². The van der Waals surface area contributed by atoms with Gasteiger partial charge in [0, 0.05) is 19.7 Å². The van der Waals surface area contributed by atoms with Crippen LogP contribution in [0.1, 0.15) is 25.8 Å². The zero-order valence-electron chi connectivity index (χ0n) is 13.5. The van der Waals surface area contributed by atoms with Crippen molar-refractivity contribution < 1.29 is 27.8 Å². The standard InChI is InChI=1S/C16H21F2NO4/c1-4-23-11(2)16(21)19(8-7-15(20)22-3)10-12-5-6-13(17)14(18)9-12/h5-6,9,11H,4,7-8,10H2,1-3H3. The second kappa shape index (κ2) is 9.19. The van der Waals surface area contributed by atoms with Gasteiger partial charge in [-0.05, 0) is 31.5 Å². The van der Waals surface area contributed by atoms with Gasteiger partial charge in [0.2, 0.25) is 0 Å². The molecule has 0 heterocycles. The van der Waals surface area contributed by atoms with Gasteiger partial charge in [-0.1, -0.05) is 6.07 Å². The first-order chi connectivity index (χ1) is 10.9. The molecule has 23 heavy (non-hydrogen) atoms. The average molecular weight is 329 g/mol. The summed E-state index contributed by atoms with van der Waals surface area (Å²) in [6.45, 7) is 3.87. The third-order valence-corrected chi connectivity index (χ3v) is 3.25. The molecular formula is C16H21F2NO4. The Labute approximate surface area is 134 Å². The maximum absolute atomic E-state index is 13.3. The predicted octanol–water partition coefficient (Wildman–Crippen LogP) is 2.28. The highest BCUT2D eigenvalue weighted by Gasteiger charge is 2.22. The predicted molar refractivity (Wildman–Crippen MR) is 79.5 cm³/mol. The van der Waals surface area contributed by atoms with Crippen LogP contribution in [-0.4, -0.2) is 43.1 Å². The molecule has 0 radical (unpaired) electrons. The average Bonchev–Trinajstić information content (AvgIpc) is 2.53. The Hall–Kier alpha value is -2.02. The summed E-state index contributed by atoms with van der Waals surface area (Å²) in [4.78, 5) is 25.0. The monoisotopic (exact) mass is 329 g/mol. The summed E-state index contributed by atoms with van der Waals surface area (Å²) in [5, 5.41) is 0. The van der Waals surface area contributed by atoms with E-state index in [4.69, 9.17) is 4.74 Å². The zero-order valence-corrected chi connectivity index (χ0v) is 13.5. The molecule has 0 saturated carbocycles. The second-order valence-electron chi connectivity index (χ2n) is 4.93. The third kappa shape index (κ3) is 5.94. The summed E-state index contributed by atoms with van der Waals surface area (Å²) in [7, 11) is 1.26. The molecule has 7 heteroatoms. The molecule has 0 fully saturated rings. The SMILES string of the molecule is CCOC(C)C(=O)N(CCC(=O)OC)Cc1ccc(F)c(F)c1. The van der Waals surface area contributed by atoms with Crippen LogP contribution < -0.4 is 0 Å². The van der Waals surface area contributed by atoms with Gasteiger partial charge in [0.1, 0.15) is 6.10 Å². The summed E-state index contributed by atoms with van der Waals surface area (Å²) in [6.07, 6.45) is -0.687. The van der Waals surface area contributed by atoms with Crippen LogP contribution in [0.4, 0.5) is 8.78 Å². The molecule has 0 saturated heterocycles. The highest BCUT2D eigenvalue weighted by Crippen LogP contribution is 2.13. The fourth-order valence-corrected chi connectivity index (χ4v) is 2.03. The van der Waals surface area contributed by atoms with Gasteiger partial charge in [-0.15, -0.1) is 0 Å². The van der Waals surface area contributed by atoms with Gasteiger partial charge in [-0.2, -0.15) is 0 Å². The van der Waals surface area contributed by atoms with Crippen molar-refractivity contribution in [2.75, 3.05) is 20.3 Å². The lowest BCUT2D eigenvalue weighted by atomic mass is 10.2. The minimum atomic E-state index is -0.985. The van der Waals surface area contributed by atoms with Gasteiger partial charge in [-0.3, -0.25) is 9.59 Å². The summed E-state index contributed by atoms with van der Waals surface area (Å²) < 4.78 is 36.1. The molecule has 0 spiro atoms. The van der Waals surface area contributed by atoms with Gasteiger partial charge in [-0.25, -0.2) is 8.78 Å². The first-order valence-electron chi connectivity index (χ1n) is 7.30. The molecule has 0 N–H and O–H groups in total. The molecule has 128 valence electrons. The van der Waals surface area contributed by atoms with Crippen LogP contribution >= 0.6 is 0 Å². The molecule has 5 nitrogen and oxygen atoms in total. The van der Waals surface area contributed by atoms with E-state index in [2.05, 4.69) is 4.74 Å². The first-order valence-corrected chi connectivity index (χ1v) is 7.30. The van der Waals surface area contributed by atoms with Crippen LogP contribution in [0.15, 0.2) is 18.2 Å². The number of ether oxygens (including phenoxy) is 2.